The van der Waals surface area contributed by atoms with Crippen molar-refractivity contribution in [1.82, 2.24) is 9.97 Å². The fourth-order valence-corrected chi connectivity index (χ4v) is 2.39. The van der Waals surface area contributed by atoms with Crippen molar-refractivity contribution in [2.45, 2.75) is 25.6 Å². The first kappa shape index (κ1) is 12.5. The number of hydrogen-bond acceptors (Lipinski definition) is 2. The van der Waals surface area contributed by atoms with Crippen LogP contribution in [0.4, 0.5) is 13.2 Å². The van der Waals surface area contributed by atoms with Gasteiger partial charge in [-0.05, 0) is 30.5 Å². The quantitative estimate of drug-likeness (QED) is 0.858. The van der Waals surface area contributed by atoms with Crippen LogP contribution in [-0.4, -0.2) is 16.6 Å². The second-order valence-electron chi connectivity index (χ2n) is 4.91. The van der Waals surface area contributed by atoms with E-state index in [0.717, 1.165) is 18.6 Å². The van der Waals surface area contributed by atoms with Crippen LogP contribution in [0.1, 0.15) is 30.8 Å². The lowest BCUT2D eigenvalue weighted by Gasteiger charge is -2.10. The lowest BCUT2D eigenvalue weighted by atomic mass is 10.0. The summed E-state index contributed by atoms with van der Waals surface area (Å²) in [6.45, 7) is 2.71. The fourth-order valence-electron chi connectivity index (χ4n) is 2.39. The number of imidazole rings is 1. The van der Waals surface area contributed by atoms with Crippen LogP contribution in [0, 0.1) is 5.92 Å². The summed E-state index contributed by atoms with van der Waals surface area (Å²) in [5.74, 6) is 0.932. The standard InChI is InChI=1S/C13H13F3N2O/c1-7-4-5-19-11(7)12-17-9-3-2-8(13(14,15)16)6-10(9)18-12/h2-3,6-7,11H,4-5H2,1H3,(H,17,18). The Morgan fingerprint density at radius 3 is 2.79 bits per heavy atom. The average molecular weight is 270 g/mol. The molecular formula is C13H13F3N2O. The number of hydrogen-bond donors (Lipinski definition) is 1. The third-order valence-corrected chi connectivity index (χ3v) is 3.48. The molecular weight excluding hydrogens is 257 g/mol. The molecule has 0 bridgehead atoms. The third kappa shape index (κ3) is 2.20. The molecule has 3 nitrogen and oxygen atoms in total. The summed E-state index contributed by atoms with van der Waals surface area (Å²) in [7, 11) is 0. The van der Waals surface area contributed by atoms with E-state index in [9.17, 15) is 13.2 Å². The first-order chi connectivity index (χ1) is 8.95. The molecule has 6 heteroatoms. The molecule has 0 aliphatic carbocycles. The highest BCUT2D eigenvalue weighted by Gasteiger charge is 2.32. The largest absolute Gasteiger partial charge is 0.416 e. The zero-order chi connectivity index (χ0) is 13.6. The van der Waals surface area contributed by atoms with Gasteiger partial charge in [0.1, 0.15) is 11.9 Å². The predicted molar refractivity (Wildman–Crippen MR) is 63.6 cm³/mol. The zero-order valence-electron chi connectivity index (χ0n) is 10.3. The van der Waals surface area contributed by atoms with Gasteiger partial charge < -0.3 is 9.72 Å². The maximum Gasteiger partial charge on any atom is 0.416 e. The topological polar surface area (TPSA) is 37.9 Å². The molecule has 2 heterocycles. The molecule has 1 aliphatic rings. The van der Waals surface area contributed by atoms with Crippen molar-refractivity contribution in [3.05, 3.63) is 29.6 Å². The highest BCUT2D eigenvalue weighted by Crippen LogP contribution is 2.35. The molecule has 2 unspecified atom stereocenters. The number of nitrogens with one attached hydrogen (secondary N) is 1. The first-order valence-corrected chi connectivity index (χ1v) is 6.13. The lowest BCUT2D eigenvalue weighted by Crippen LogP contribution is -2.05. The van der Waals surface area contributed by atoms with E-state index in [1.54, 1.807) is 0 Å². The Labute approximate surface area is 107 Å². The zero-order valence-corrected chi connectivity index (χ0v) is 10.3. The van der Waals surface area contributed by atoms with Gasteiger partial charge in [-0.2, -0.15) is 13.2 Å². The summed E-state index contributed by atoms with van der Waals surface area (Å²) >= 11 is 0. The van der Waals surface area contributed by atoms with E-state index < -0.39 is 11.7 Å². The normalized spacial score (nSPS) is 24.2. The lowest BCUT2D eigenvalue weighted by molar-refractivity contribution is -0.137. The number of benzene rings is 1. The summed E-state index contributed by atoms with van der Waals surface area (Å²) in [6.07, 6.45) is -3.55. The van der Waals surface area contributed by atoms with Gasteiger partial charge in [0.05, 0.1) is 16.6 Å². The summed E-state index contributed by atoms with van der Waals surface area (Å²) in [4.78, 5) is 7.26. The van der Waals surface area contributed by atoms with Crippen LogP contribution in [0.2, 0.25) is 0 Å². The number of rotatable bonds is 1. The molecule has 2 aromatic rings. The maximum atomic E-state index is 12.6. The Kier molecular flexibility index (Phi) is 2.78. The van der Waals surface area contributed by atoms with Gasteiger partial charge >= 0.3 is 6.18 Å². The minimum absolute atomic E-state index is 0.151. The van der Waals surface area contributed by atoms with E-state index >= 15 is 0 Å². The Bertz CT molecular complexity index is 605. The maximum absolute atomic E-state index is 12.6. The third-order valence-electron chi connectivity index (χ3n) is 3.48. The van der Waals surface area contributed by atoms with Gasteiger partial charge in [-0.25, -0.2) is 4.98 Å². The van der Waals surface area contributed by atoms with Crippen molar-refractivity contribution in [1.29, 1.82) is 0 Å². The number of H-pyrrole nitrogens is 1. The van der Waals surface area contributed by atoms with E-state index in [4.69, 9.17) is 4.74 Å². The second-order valence-corrected chi connectivity index (χ2v) is 4.91. The van der Waals surface area contributed by atoms with Gasteiger partial charge in [-0.1, -0.05) is 6.92 Å². The highest BCUT2D eigenvalue weighted by molar-refractivity contribution is 5.76. The Morgan fingerprint density at radius 2 is 2.16 bits per heavy atom. The minimum atomic E-state index is -4.34. The van der Waals surface area contributed by atoms with Crippen molar-refractivity contribution >= 4 is 11.0 Å². The van der Waals surface area contributed by atoms with Crippen molar-refractivity contribution in [2.24, 2.45) is 5.92 Å². The minimum Gasteiger partial charge on any atom is -0.370 e. The molecule has 1 fully saturated rings. The highest BCUT2D eigenvalue weighted by atomic mass is 19.4. The molecule has 0 saturated carbocycles. The smallest absolute Gasteiger partial charge is 0.370 e. The number of ether oxygens (including phenoxy) is 1. The van der Waals surface area contributed by atoms with Crippen LogP contribution >= 0.6 is 0 Å². The van der Waals surface area contributed by atoms with Crippen molar-refractivity contribution in [2.75, 3.05) is 6.61 Å². The van der Waals surface area contributed by atoms with Crippen molar-refractivity contribution in [3.63, 3.8) is 0 Å². The number of nitrogens with zero attached hydrogens (tertiary/aromatic N) is 1. The van der Waals surface area contributed by atoms with E-state index in [2.05, 4.69) is 9.97 Å². The summed E-state index contributed by atoms with van der Waals surface area (Å²) in [5, 5.41) is 0. The van der Waals surface area contributed by atoms with Crippen molar-refractivity contribution < 1.29 is 17.9 Å². The molecule has 1 aliphatic heterocycles. The molecule has 1 aromatic heterocycles. The van der Waals surface area contributed by atoms with Crippen LogP contribution in [0.25, 0.3) is 11.0 Å². The molecule has 1 N–H and O–H groups in total. The fraction of sp³-hybridized carbons (Fsp3) is 0.462. The molecule has 19 heavy (non-hydrogen) atoms. The van der Waals surface area contributed by atoms with E-state index in [-0.39, 0.29) is 6.10 Å². The molecule has 0 amide bonds. The predicted octanol–water partition coefficient (Wildman–Crippen LogP) is 3.68. The molecule has 1 aromatic carbocycles. The van der Waals surface area contributed by atoms with Gasteiger partial charge in [0, 0.05) is 6.61 Å². The summed E-state index contributed by atoms with van der Waals surface area (Å²) < 4.78 is 43.4. The molecule has 3 rings (SSSR count). The van der Waals surface area contributed by atoms with Gasteiger partial charge in [-0.15, -0.1) is 0 Å². The van der Waals surface area contributed by atoms with Gasteiger partial charge in [0.25, 0.3) is 0 Å². The van der Waals surface area contributed by atoms with E-state index in [1.165, 1.54) is 6.07 Å². The van der Waals surface area contributed by atoms with E-state index in [1.807, 2.05) is 6.92 Å². The number of halogens is 3. The molecule has 102 valence electrons. The van der Waals surface area contributed by atoms with E-state index in [0.29, 0.717) is 29.4 Å². The monoisotopic (exact) mass is 270 g/mol. The SMILES string of the molecule is CC1CCOC1c1nc2ccc(C(F)(F)F)cc2[nH]1. The van der Waals surface area contributed by atoms with Crippen LogP contribution in [0.3, 0.4) is 0 Å². The van der Waals surface area contributed by atoms with Crippen LogP contribution in [0.5, 0.6) is 0 Å². The number of aromatic nitrogens is 2. The Hall–Kier alpha value is -1.56. The van der Waals surface area contributed by atoms with Crippen LogP contribution in [-0.2, 0) is 10.9 Å². The van der Waals surface area contributed by atoms with Crippen LogP contribution < -0.4 is 0 Å². The number of alkyl halides is 3. The Balaban J connectivity index is 2.01. The van der Waals surface area contributed by atoms with Gasteiger partial charge in [0.2, 0.25) is 0 Å². The van der Waals surface area contributed by atoms with Gasteiger partial charge in [-0.3, -0.25) is 0 Å². The summed E-state index contributed by atoms with van der Waals surface area (Å²) in [6, 6.07) is 3.52. The number of fused-ring (bicyclic) bond motifs is 1. The molecule has 1 saturated heterocycles. The van der Waals surface area contributed by atoms with Gasteiger partial charge in [0.15, 0.2) is 0 Å². The first-order valence-electron chi connectivity index (χ1n) is 6.13. The molecule has 0 spiro atoms. The second kappa shape index (κ2) is 4.23. The Morgan fingerprint density at radius 1 is 1.37 bits per heavy atom. The van der Waals surface area contributed by atoms with Crippen molar-refractivity contribution in [3.8, 4) is 0 Å². The molecule has 0 radical (unpaired) electrons. The number of aromatic amines is 1. The molecule has 2 atom stereocenters. The summed E-state index contributed by atoms with van der Waals surface area (Å²) in [5.41, 5.74) is 0.258. The van der Waals surface area contributed by atoms with Crippen LogP contribution in [0.15, 0.2) is 18.2 Å². The average Bonchev–Trinajstić information content (AvgIpc) is 2.91.